The fourth-order valence-corrected chi connectivity index (χ4v) is 2.24. The van der Waals surface area contributed by atoms with Gasteiger partial charge in [0, 0.05) is 13.2 Å². The summed E-state index contributed by atoms with van der Waals surface area (Å²) in [6.07, 6.45) is 8.51. The Labute approximate surface area is 82.9 Å². The second-order valence-corrected chi connectivity index (χ2v) is 4.47. The first-order chi connectivity index (χ1) is 6.33. The molecule has 78 valence electrons. The van der Waals surface area contributed by atoms with E-state index in [1.807, 2.05) is 0 Å². The molecule has 1 saturated carbocycles. The van der Waals surface area contributed by atoms with Crippen LogP contribution in [0.25, 0.3) is 0 Å². The van der Waals surface area contributed by atoms with Gasteiger partial charge < -0.3 is 4.74 Å². The fraction of sp³-hybridized carbons (Fsp3) is 1.00. The van der Waals surface area contributed by atoms with E-state index in [1.165, 1.54) is 38.5 Å². The zero-order valence-electron chi connectivity index (χ0n) is 9.22. The Balaban J connectivity index is 1.96. The molecule has 0 N–H and O–H groups in total. The van der Waals surface area contributed by atoms with Crippen molar-refractivity contribution in [2.24, 2.45) is 11.8 Å². The number of hydrogen-bond acceptors (Lipinski definition) is 1. The van der Waals surface area contributed by atoms with Gasteiger partial charge in [0.1, 0.15) is 0 Å². The molecule has 1 aliphatic rings. The summed E-state index contributed by atoms with van der Waals surface area (Å²) >= 11 is 0. The van der Waals surface area contributed by atoms with Crippen molar-refractivity contribution in [2.45, 2.75) is 52.4 Å². The van der Waals surface area contributed by atoms with Crippen molar-refractivity contribution in [1.29, 1.82) is 0 Å². The number of rotatable bonds is 5. The molecule has 1 nitrogen and oxygen atoms in total. The quantitative estimate of drug-likeness (QED) is 0.593. The highest BCUT2D eigenvalue weighted by Gasteiger charge is 2.17. The predicted molar refractivity (Wildman–Crippen MR) is 56.8 cm³/mol. The van der Waals surface area contributed by atoms with Crippen LogP contribution in [-0.2, 0) is 4.74 Å². The zero-order chi connectivity index (χ0) is 9.52. The summed E-state index contributed by atoms with van der Waals surface area (Å²) in [5, 5.41) is 0. The highest BCUT2D eigenvalue weighted by atomic mass is 16.5. The first-order valence-electron chi connectivity index (χ1n) is 5.90. The van der Waals surface area contributed by atoms with Gasteiger partial charge in [0.2, 0.25) is 0 Å². The molecule has 0 radical (unpaired) electrons. The average Bonchev–Trinajstić information content (AvgIpc) is 2.15. The lowest BCUT2D eigenvalue weighted by Crippen LogP contribution is -2.12. The van der Waals surface area contributed by atoms with Crippen LogP contribution in [0.2, 0.25) is 0 Å². The van der Waals surface area contributed by atoms with Gasteiger partial charge in [-0.15, -0.1) is 0 Å². The molecule has 0 aliphatic heterocycles. The van der Waals surface area contributed by atoms with Gasteiger partial charge in [0.25, 0.3) is 0 Å². The van der Waals surface area contributed by atoms with Crippen LogP contribution >= 0.6 is 0 Å². The van der Waals surface area contributed by atoms with Crippen molar-refractivity contribution in [3.05, 3.63) is 0 Å². The van der Waals surface area contributed by atoms with Crippen molar-refractivity contribution in [2.75, 3.05) is 13.2 Å². The van der Waals surface area contributed by atoms with E-state index < -0.39 is 0 Å². The lowest BCUT2D eigenvalue weighted by atomic mass is 9.81. The Morgan fingerprint density at radius 1 is 1.15 bits per heavy atom. The smallest absolute Gasteiger partial charge is 0.0465 e. The molecule has 0 atom stereocenters. The summed E-state index contributed by atoms with van der Waals surface area (Å²) in [5.41, 5.74) is 0. The van der Waals surface area contributed by atoms with Gasteiger partial charge >= 0.3 is 0 Å². The molecule has 1 rings (SSSR count). The van der Waals surface area contributed by atoms with E-state index in [0.717, 1.165) is 25.0 Å². The van der Waals surface area contributed by atoms with Crippen LogP contribution in [0.4, 0.5) is 0 Å². The Hall–Kier alpha value is -0.0400. The zero-order valence-corrected chi connectivity index (χ0v) is 9.22. The van der Waals surface area contributed by atoms with Crippen LogP contribution < -0.4 is 0 Å². The molecule has 1 aliphatic carbocycles. The molecular weight excluding hydrogens is 160 g/mol. The van der Waals surface area contributed by atoms with Crippen LogP contribution in [-0.4, -0.2) is 13.2 Å². The summed E-state index contributed by atoms with van der Waals surface area (Å²) < 4.78 is 5.35. The highest BCUT2D eigenvalue weighted by Crippen LogP contribution is 2.30. The largest absolute Gasteiger partial charge is 0.382 e. The summed E-state index contributed by atoms with van der Waals surface area (Å²) in [6.45, 7) is 6.31. The first kappa shape index (κ1) is 11.0. The maximum Gasteiger partial charge on any atom is 0.0465 e. The van der Waals surface area contributed by atoms with Gasteiger partial charge in [-0.25, -0.2) is 0 Å². The Bertz CT molecular complexity index is 114. The van der Waals surface area contributed by atoms with E-state index in [2.05, 4.69) is 13.8 Å². The maximum absolute atomic E-state index is 5.35. The molecular formula is C12H24O. The highest BCUT2D eigenvalue weighted by molar-refractivity contribution is 4.69. The Kier molecular flexibility index (Phi) is 5.45. The molecule has 1 heteroatoms. The van der Waals surface area contributed by atoms with Crippen molar-refractivity contribution in [1.82, 2.24) is 0 Å². The minimum atomic E-state index is 0.877. The number of ether oxygens (including phenoxy) is 1. The predicted octanol–water partition coefficient (Wildman–Crippen LogP) is 3.63. The summed E-state index contributed by atoms with van der Waals surface area (Å²) in [4.78, 5) is 0. The molecule has 13 heavy (non-hydrogen) atoms. The Morgan fingerprint density at radius 3 is 2.46 bits per heavy atom. The van der Waals surface area contributed by atoms with Crippen molar-refractivity contribution in [3.8, 4) is 0 Å². The van der Waals surface area contributed by atoms with E-state index >= 15 is 0 Å². The summed E-state index contributed by atoms with van der Waals surface area (Å²) in [7, 11) is 0. The van der Waals surface area contributed by atoms with Gasteiger partial charge in [0.15, 0.2) is 0 Å². The molecule has 0 heterocycles. The van der Waals surface area contributed by atoms with Crippen molar-refractivity contribution in [3.63, 3.8) is 0 Å². The molecule has 0 spiro atoms. The van der Waals surface area contributed by atoms with Crippen molar-refractivity contribution < 1.29 is 4.74 Å². The monoisotopic (exact) mass is 184 g/mol. The third-order valence-corrected chi connectivity index (χ3v) is 3.24. The standard InChI is InChI=1S/C12H24O/c1-3-13-10-4-5-12-8-6-11(2)7-9-12/h11-12H,3-10H2,1-2H3. The SMILES string of the molecule is CCOCCCC1CCC(C)CC1. The Morgan fingerprint density at radius 2 is 1.85 bits per heavy atom. The molecule has 0 bridgehead atoms. The molecule has 0 aromatic carbocycles. The van der Waals surface area contributed by atoms with Gasteiger partial charge in [-0.05, 0) is 31.6 Å². The van der Waals surface area contributed by atoms with Crippen LogP contribution in [0, 0.1) is 11.8 Å². The lowest BCUT2D eigenvalue weighted by molar-refractivity contribution is 0.135. The average molecular weight is 184 g/mol. The van der Waals surface area contributed by atoms with E-state index in [1.54, 1.807) is 0 Å². The molecule has 0 amide bonds. The normalized spacial score (nSPS) is 29.1. The van der Waals surface area contributed by atoms with Crippen LogP contribution in [0.15, 0.2) is 0 Å². The van der Waals surface area contributed by atoms with Gasteiger partial charge in [-0.3, -0.25) is 0 Å². The minimum Gasteiger partial charge on any atom is -0.382 e. The molecule has 0 aromatic heterocycles. The van der Waals surface area contributed by atoms with Crippen molar-refractivity contribution >= 4 is 0 Å². The molecule has 1 fully saturated rings. The minimum absolute atomic E-state index is 0.877. The van der Waals surface area contributed by atoms with Gasteiger partial charge in [0.05, 0.1) is 0 Å². The summed E-state index contributed by atoms with van der Waals surface area (Å²) in [5.74, 6) is 2.00. The van der Waals surface area contributed by atoms with Crippen LogP contribution in [0.3, 0.4) is 0 Å². The molecule has 0 aromatic rings. The second kappa shape index (κ2) is 6.42. The summed E-state index contributed by atoms with van der Waals surface area (Å²) in [6, 6.07) is 0. The first-order valence-corrected chi connectivity index (χ1v) is 5.90. The van der Waals surface area contributed by atoms with E-state index in [4.69, 9.17) is 4.74 Å². The maximum atomic E-state index is 5.35. The third kappa shape index (κ3) is 4.66. The fourth-order valence-electron chi connectivity index (χ4n) is 2.24. The van der Waals surface area contributed by atoms with E-state index in [9.17, 15) is 0 Å². The van der Waals surface area contributed by atoms with Crippen LogP contribution in [0.1, 0.15) is 52.4 Å². The lowest BCUT2D eigenvalue weighted by Gasteiger charge is -2.25. The van der Waals surface area contributed by atoms with Gasteiger partial charge in [-0.2, -0.15) is 0 Å². The van der Waals surface area contributed by atoms with E-state index in [0.29, 0.717) is 0 Å². The third-order valence-electron chi connectivity index (χ3n) is 3.24. The van der Waals surface area contributed by atoms with Gasteiger partial charge in [-0.1, -0.05) is 32.6 Å². The second-order valence-electron chi connectivity index (χ2n) is 4.47. The molecule has 0 unspecified atom stereocenters. The van der Waals surface area contributed by atoms with E-state index in [-0.39, 0.29) is 0 Å². The topological polar surface area (TPSA) is 9.23 Å². The number of hydrogen-bond donors (Lipinski definition) is 0. The van der Waals surface area contributed by atoms with Crippen LogP contribution in [0.5, 0.6) is 0 Å². The molecule has 0 saturated heterocycles.